The fourth-order valence-electron chi connectivity index (χ4n) is 1.57. The summed E-state index contributed by atoms with van der Waals surface area (Å²) in [6, 6.07) is 3.10. The van der Waals surface area contributed by atoms with Crippen molar-refractivity contribution >= 4 is 27.4 Å². The molecule has 0 aliphatic rings. The first-order valence-electron chi connectivity index (χ1n) is 5.78. The molecular formula is C11H14ClN5O2S. The van der Waals surface area contributed by atoms with Gasteiger partial charge in [-0.1, -0.05) is 11.6 Å². The third-order valence-corrected chi connectivity index (χ3v) is 4.33. The lowest BCUT2D eigenvalue weighted by Crippen LogP contribution is -2.26. The van der Waals surface area contributed by atoms with Gasteiger partial charge in [0.1, 0.15) is 10.7 Å². The molecule has 108 valence electrons. The first-order chi connectivity index (χ1) is 9.38. The van der Waals surface area contributed by atoms with Crippen LogP contribution in [0, 0.1) is 0 Å². The maximum atomic E-state index is 12.0. The average molecular weight is 316 g/mol. The molecule has 0 spiro atoms. The van der Waals surface area contributed by atoms with E-state index in [2.05, 4.69) is 14.8 Å². The molecule has 2 aromatic rings. The van der Waals surface area contributed by atoms with Crippen LogP contribution in [0.2, 0.25) is 5.02 Å². The number of nitrogens with two attached hydrogens (primary N) is 1. The summed E-state index contributed by atoms with van der Waals surface area (Å²) < 4.78 is 28.2. The van der Waals surface area contributed by atoms with E-state index in [1.807, 2.05) is 6.07 Å². The van der Waals surface area contributed by atoms with E-state index >= 15 is 0 Å². The second-order valence-electron chi connectivity index (χ2n) is 4.17. The predicted molar refractivity (Wildman–Crippen MR) is 75.8 cm³/mol. The molecule has 2 rings (SSSR count). The van der Waals surface area contributed by atoms with Gasteiger partial charge in [-0.3, -0.25) is 4.68 Å². The molecule has 0 aliphatic heterocycles. The lowest BCUT2D eigenvalue weighted by atomic mass is 10.3. The molecule has 7 nitrogen and oxygen atoms in total. The molecule has 3 N–H and O–H groups in total. The molecule has 9 heteroatoms. The minimum atomic E-state index is -3.65. The standard InChI is InChI=1S/C11H14ClN5O2S/c1-17-5-3-8(16-17)2-4-15-20(18,19)9-6-10(12)11(13)14-7-9/h3,5-7,15H,2,4H2,1H3,(H2,13,14). The van der Waals surface area contributed by atoms with E-state index in [-0.39, 0.29) is 22.3 Å². The van der Waals surface area contributed by atoms with Gasteiger partial charge in [-0.15, -0.1) is 0 Å². The highest BCUT2D eigenvalue weighted by molar-refractivity contribution is 7.89. The lowest BCUT2D eigenvalue weighted by molar-refractivity contribution is 0.580. The van der Waals surface area contributed by atoms with Crippen molar-refractivity contribution < 1.29 is 8.42 Å². The van der Waals surface area contributed by atoms with Crippen molar-refractivity contribution in [3.8, 4) is 0 Å². The predicted octanol–water partition coefficient (Wildman–Crippen LogP) is 0.572. The minimum absolute atomic E-state index is 0.0160. The van der Waals surface area contributed by atoms with Crippen molar-refractivity contribution in [2.75, 3.05) is 12.3 Å². The number of nitrogens with one attached hydrogen (secondary N) is 1. The summed E-state index contributed by atoms with van der Waals surface area (Å²) in [4.78, 5) is 3.71. The molecule has 0 bridgehead atoms. The van der Waals surface area contributed by atoms with Crippen molar-refractivity contribution in [3.63, 3.8) is 0 Å². The second kappa shape index (κ2) is 5.78. The maximum Gasteiger partial charge on any atom is 0.242 e. The van der Waals surface area contributed by atoms with Crippen LogP contribution in [0.5, 0.6) is 0 Å². The Balaban J connectivity index is 2.02. The van der Waals surface area contributed by atoms with Crippen molar-refractivity contribution in [1.29, 1.82) is 0 Å². The van der Waals surface area contributed by atoms with Crippen molar-refractivity contribution in [3.05, 3.63) is 35.2 Å². The van der Waals surface area contributed by atoms with Crippen LogP contribution in [-0.2, 0) is 23.5 Å². The van der Waals surface area contributed by atoms with Crippen LogP contribution in [0.4, 0.5) is 5.82 Å². The quantitative estimate of drug-likeness (QED) is 0.839. The van der Waals surface area contributed by atoms with Gasteiger partial charge in [0.25, 0.3) is 0 Å². The SMILES string of the molecule is Cn1ccc(CCNS(=O)(=O)c2cnc(N)c(Cl)c2)n1. The van der Waals surface area contributed by atoms with Crippen molar-refractivity contribution in [2.24, 2.45) is 7.05 Å². The number of rotatable bonds is 5. The van der Waals surface area contributed by atoms with Crippen LogP contribution in [0.25, 0.3) is 0 Å². The van der Waals surface area contributed by atoms with Gasteiger partial charge in [-0.05, 0) is 12.1 Å². The highest BCUT2D eigenvalue weighted by Gasteiger charge is 2.15. The van der Waals surface area contributed by atoms with Crippen LogP contribution in [-0.4, -0.2) is 29.7 Å². The number of nitrogen functional groups attached to an aromatic ring is 1. The number of hydrogen-bond acceptors (Lipinski definition) is 5. The van der Waals surface area contributed by atoms with Gasteiger partial charge >= 0.3 is 0 Å². The van der Waals surface area contributed by atoms with E-state index in [4.69, 9.17) is 17.3 Å². The van der Waals surface area contributed by atoms with Gasteiger partial charge < -0.3 is 5.73 Å². The van der Waals surface area contributed by atoms with E-state index in [1.54, 1.807) is 17.9 Å². The smallest absolute Gasteiger partial charge is 0.242 e. The Morgan fingerprint density at radius 2 is 2.25 bits per heavy atom. The first kappa shape index (κ1) is 14.8. The Morgan fingerprint density at radius 1 is 1.50 bits per heavy atom. The zero-order chi connectivity index (χ0) is 14.8. The van der Waals surface area contributed by atoms with Crippen molar-refractivity contribution in [1.82, 2.24) is 19.5 Å². The van der Waals surface area contributed by atoms with Gasteiger partial charge in [-0.2, -0.15) is 5.10 Å². The molecule has 0 amide bonds. The van der Waals surface area contributed by atoms with Gasteiger partial charge in [0.15, 0.2) is 0 Å². The Kier molecular flexibility index (Phi) is 4.26. The monoisotopic (exact) mass is 315 g/mol. The molecule has 0 unspecified atom stereocenters. The molecule has 2 heterocycles. The third kappa shape index (κ3) is 3.47. The number of halogens is 1. The Morgan fingerprint density at radius 3 is 2.85 bits per heavy atom. The molecule has 0 fully saturated rings. The fraction of sp³-hybridized carbons (Fsp3) is 0.273. The van der Waals surface area contributed by atoms with Gasteiger partial charge in [-0.25, -0.2) is 18.1 Å². The number of pyridine rings is 1. The molecule has 0 saturated carbocycles. The first-order valence-corrected chi connectivity index (χ1v) is 7.64. The zero-order valence-corrected chi connectivity index (χ0v) is 12.3. The van der Waals surface area contributed by atoms with Gasteiger partial charge in [0.2, 0.25) is 10.0 Å². The Bertz CT molecular complexity index is 713. The van der Waals surface area contributed by atoms with Crippen LogP contribution in [0.15, 0.2) is 29.4 Å². The summed E-state index contributed by atoms with van der Waals surface area (Å²) in [6.07, 6.45) is 3.47. The highest BCUT2D eigenvalue weighted by Crippen LogP contribution is 2.19. The second-order valence-corrected chi connectivity index (χ2v) is 6.34. The number of hydrogen-bond donors (Lipinski definition) is 2. The highest BCUT2D eigenvalue weighted by atomic mass is 35.5. The normalized spacial score (nSPS) is 11.7. The summed E-state index contributed by atoms with van der Waals surface area (Å²) in [7, 11) is -1.85. The maximum absolute atomic E-state index is 12.0. The summed E-state index contributed by atoms with van der Waals surface area (Å²) in [6.45, 7) is 0.237. The summed E-state index contributed by atoms with van der Waals surface area (Å²) in [5.41, 5.74) is 6.25. The lowest BCUT2D eigenvalue weighted by Gasteiger charge is -2.06. The van der Waals surface area contributed by atoms with Crippen molar-refractivity contribution in [2.45, 2.75) is 11.3 Å². The van der Waals surface area contributed by atoms with E-state index < -0.39 is 10.0 Å². The number of aryl methyl sites for hydroxylation is 1. The molecule has 2 aromatic heterocycles. The molecule has 0 radical (unpaired) electrons. The topological polar surface area (TPSA) is 103 Å². The summed E-state index contributed by atoms with van der Waals surface area (Å²) >= 11 is 5.76. The number of nitrogens with zero attached hydrogens (tertiary/aromatic N) is 3. The van der Waals surface area contributed by atoms with E-state index in [0.717, 1.165) is 5.69 Å². The minimum Gasteiger partial charge on any atom is -0.382 e. The molecule has 20 heavy (non-hydrogen) atoms. The Labute approximate surface area is 121 Å². The van der Waals surface area contributed by atoms with Crippen LogP contribution in [0.3, 0.4) is 0 Å². The summed E-state index contributed by atoms with van der Waals surface area (Å²) in [5, 5.41) is 4.27. The molecule has 0 aliphatic carbocycles. The largest absolute Gasteiger partial charge is 0.382 e. The number of aromatic nitrogens is 3. The van der Waals surface area contributed by atoms with E-state index in [9.17, 15) is 8.42 Å². The Hall–Kier alpha value is -1.64. The summed E-state index contributed by atoms with van der Waals surface area (Å²) in [5.74, 6) is 0.0964. The number of sulfonamides is 1. The molecular weight excluding hydrogens is 302 g/mol. The third-order valence-electron chi connectivity index (χ3n) is 2.60. The molecule has 0 atom stereocenters. The average Bonchev–Trinajstić information content (AvgIpc) is 2.78. The molecule has 0 saturated heterocycles. The van der Waals surface area contributed by atoms with Crippen LogP contribution < -0.4 is 10.5 Å². The van der Waals surface area contributed by atoms with E-state index in [1.165, 1.54) is 12.3 Å². The van der Waals surface area contributed by atoms with Crippen LogP contribution in [0.1, 0.15) is 5.69 Å². The van der Waals surface area contributed by atoms with Gasteiger partial charge in [0.05, 0.1) is 10.7 Å². The van der Waals surface area contributed by atoms with Gasteiger partial charge in [0, 0.05) is 32.4 Å². The molecule has 0 aromatic carbocycles. The van der Waals surface area contributed by atoms with E-state index in [0.29, 0.717) is 6.42 Å². The van der Waals surface area contributed by atoms with Crippen LogP contribution >= 0.6 is 11.6 Å². The zero-order valence-electron chi connectivity index (χ0n) is 10.7. The number of anilines is 1. The fourth-order valence-corrected chi connectivity index (χ4v) is 2.80.